The molecule has 1 aliphatic carbocycles. The zero-order valence-electron chi connectivity index (χ0n) is 21.1. The summed E-state index contributed by atoms with van der Waals surface area (Å²) < 4.78 is 27.6. The van der Waals surface area contributed by atoms with Gasteiger partial charge in [0, 0.05) is 29.2 Å². The van der Waals surface area contributed by atoms with E-state index in [0.29, 0.717) is 59.7 Å². The minimum Gasteiger partial charge on any atom is -0.487 e. The summed E-state index contributed by atoms with van der Waals surface area (Å²) in [5.41, 5.74) is 3.70. The third-order valence-electron chi connectivity index (χ3n) is 7.13. The number of ether oxygens (including phenoxy) is 2. The van der Waals surface area contributed by atoms with Gasteiger partial charge in [0.15, 0.2) is 17.4 Å². The average Bonchev–Trinajstić information content (AvgIpc) is 3.54. The first-order valence-electron chi connectivity index (χ1n) is 12.7. The zero-order valence-corrected chi connectivity index (χ0v) is 21.1. The van der Waals surface area contributed by atoms with Gasteiger partial charge in [0.1, 0.15) is 24.2 Å². The molecular formula is C28H26FN7O3. The van der Waals surface area contributed by atoms with Crippen LogP contribution in [0.5, 0.6) is 5.75 Å². The SMILES string of the molecule is N#Cc1cnccc1Nc1nc(-c2nn(Cc3ccccc3F)c3c2CCC3)ncc1OCC1(CO)COC1. The molecule has 0 unspecified atom stereocenters. The number of aliphatic hydroxyl groups excluding tert-OH is 1. The second-order valence-electron chi connectivity index (χ2n) is 9.88. The summed E-state index contributed by atoms with van der Waals surface area (Å²) >= 11 is 0. The minimum absolute atomic E-state index is 0.0663. The lowest BCUT2D eigenvalue weighted by Gasteiger charge is -2.39. The third-order valence-corrected chi connectivity index (χ3v) is 7.13. The summed E-state index contributed by atoms with van der Waals surface area (Å²) in [4.78, 5) is 13.4. The molecule has 4 aromatic rings. The maximum Gasteiger partial charge on any atom is 0.182 e. The van der Waals surface area contributed by atoms with Gasteiger partial charge in [-0.1, -0.05) is 18.2 Å². The Balaban J connectivity index is 1.37. The zero-order chi connectivity index (χ0) is 26.8. The quantitative estimate of drug-likeness (QED) is 0.336. The number of halogens is 1. The molecule has 10 nitrogen and oxygen atoms in total. The number of hydrogen-bond acceptors (Lipinski definition) is 9. The molecule has 0 saturated carbocycles. The van der Waals surface area contributed by atoms with Crippen molar-refractivity contribution in [3.63, 3.8) is 0 Å². The first kappa shape index (κ1) is 24.9. The van der Waals surface area contributed by atoms with Gasteiger partial charge in [-0.15, -0.1) is 0 Å². The van der Waals surface area contributed by atoms with Gasteiger partial charge in [0.05, 0.1) is 49.2 Å². The summed E-state index contributed by atoms with van der Waals surface area (Å²) in [5, 5.41) is 27.4. The Morgan fingerprint density at radius 1 is 1.21 bits per heavy atom. The van der Waals surface area contributed by atoms with Crippen molar-refractivity contribution in [2.45, 2.75) is 25.8 Å². The molecule has 198 valence electrons. The topological polar surface area (TPSA) is 131 Å². The van der Waals surface area contributed by atoms with Gasteiger partial charge in [-0.05, 0) is 31.4 Å². The monoisotopic (exact) mass is 527 g/mol. The summed E-state index contributed by atoms with van der Waals surface area (Å²) in [6.07, 6.45) is 7.26. The molecule has 11 heteroatoms. The molecule has 39 heavy (non-hydrogen) atoms. The van der Waals surface area contributed by atoms with Gasteiger partial charge in [-0.2, -0.15) is 10.4 Å². The molecule has 0 radical (unpaired) electrons. The van der Waals surface area contributed by atoms with E-state index in [1.165, 1.54) is 12.3 Å². The van der Waals surface area contributed by atoms with E-state index in [0.717, 1.165) is 30.5 Å². The lowest BCUT2D eigenvalue weighted by atomic mass is 9.88. The first-order valence-corrected chi connectivity index (χ1v) is 12.7. The van der Waals surface area contributed by atoms with Gasteiger partial charge >= 0.3 is 0 Å². The fraction of sp³-hybridized carbons (Fsp3) is 0.321. The van der Waals surface area contributed by atoms with Crippen LogP contribution >= 0.6 is 0 Å². The van der Waals surface area contributed by atoms with E-state index in [4.69, 9.17) is 19.6 Å². The molecule has 2 N–H and O–H groups in total. The van der Waals surface area contributed by atoms with Gasteiger partial charge in [0.2, 0.25) is 0 Å². The number of nitrogens with zero attached hydrogens (tertiary/aromatic N) is 6. The third kappa shape index (κ3) is 4.80. The van der Waals surface area contributed by atoms with E-state index in [-0.39, 0.29) is 19.0 Å². The molecule has 6 rings (SSSR count). The Morgan fingerprint density at radius 2 is 2.08 bits per heavy atom. The molecule has 1 aromatic carbocycles. The number of aliphatic hydroxyl groups is 1. The van der Waals surface area contributed by atoms with Crippen LogP contribution in [0, 0.1) is 22.6 Å². The van der Waals surface area contributed by atoms with Crippen LogP contribution in [0.15, 0.2) is 48.9 Å². The van der Waals surface area contributed by atoms with Crippen LogP contribution in [0.4, 0.5) is 15.9 Å². The standard InChI is InChI=1S/C28H26FN7O3/c29-21-6-2-1-4-18(21)13-36-23-7-3-5-20(23)25(35-36)27-32-12-24(39-17-28(14-37)15-38-16-28)26(34-27)33-22-8-9-31-11-19(22)10-30/h1-2,4,6,8-9,11-12,37H,3,5,7,13-17H2,(H,31,32,33,34). The lowest BCUT2D eigenvalue weighted by Crippen LogP contribution is -2.50. The molecular weight excluding hydrogens is 501 g/mol. The molecule has 1 aliphatic heterocycles. The number of nitriles is 1. The molecule has 2 aliphatic rings. The van der Waals surface area contributed by atoms with E-state index in [9.17, 15) is 14.8 Å². The number of nitrogens with one attached hydrogen (secondary N) is 1. The Labute approximate surface area is 224 Å². The molecule has 3 aromatic heterocycles. The van der Waals surface area contributed by atoms with Crippen LogP contribution in [0.1, 0.15) is 28.8 Å². The number of benzene rings is 1. The predicted molar refractivity (Wildman–Crippen MR) is 139 cm³/mol. The Bertz CT molecular complexity index is 1560. The van der Waals surface area contributed by atoms with Crippen molar-refractivity contribution >= 4 is 11.5 Å². The molecule has 0 amide bonds. The van der Waals surface area contributed by atoms with E-state index in [1.807, 2.05) is 10.7 Å². The van der Waals surface area contributed by atoms with Gasteiger partial charge in [-0.25, -0.2) is 14.4 Å². The first-order chi connectivity index (χ1) is 19.1. The summed E-state index contributed by atoms with van der Waals surface area (Å²) in [6, 6.07) is 10.5. The fourth-order valence-corrected chi connectivity index (χ4v) is 4.85. The van der Waals surface area contributed by atoms with Crippen molar-refractivity contribution in [3.05, 3.63) is 77.1 Å². The van der Waals surface area contributed by atoms with Crippen molar-refractivity contribution in [2.75, 3.05) is 31.7 Å². The number of aromatic nitrogens is 5. The van der Waals surface area contributed by atoms with Crippen molar-refractivity contribution in [1.29, 1.82) is 5.26 Å². The molecule has 0 bridgehead atoms. The Kier molecular flexibility index (Phi) is 6.64. The molecule has 1 saturated heterocycles. The maximum atomic E-state index is 14.4. The van der Waals surface area contributed by atoms with Crippen LogP contribution in [0.2, 0.25) is 0 Å². The predicted octanol–water partition coefficient (Wildman–Crippen LogP) is 3.41. The summed E-state index contributed by atoms with van der Waals surface area (Å²) in [5.74, 6) is 0.841. The second kappa shape index (κ2) is 10.4. The highest BCUT2D eigenvalue weighted by Gasteiger charge is 2.39. The summed E-state index contributed by atoms with van der Waals surface area (Å²) in [6.45, 7) is 1.27. The number of anilines is 2. The van der Waals surface area contributed by atoms with Crippen LogP contribution in [-0.4, -0.2) is 56.3 Å². The van der Waals surface area contributed by atoms with Crippen molar-refractivity contribution in [1.82, 2.24) is 24.7 Å². The number of pyridine rings is 1. The van der Waals surface area contributed by atoms with E-state index in [1.54, 1.807) is 30.6 Å². The highest BCUT2D eigenvalue weighted by molar-refractivity contribution is 5.69. The lowest BCUT2D eigenvalue weighted by molar-refractivity contribution is -0.153. The number of hydrogen-bond donors (Lipinski definition) is 2. The van der Waals surface area contributed by atoms with E-state index < -0.39 is 5.41 Å². The van der Waals surface area contributed by atoms with Crippen molar-refractivity contribution in [2.24, 2.45) is 5.41 Å². The molecule has 0 atom stereocenters. The van der Waals surface area contributed by atoms with Crippen molar-refractivity contribution in [3.8, 4) is 23.3 Å². The van der Waals surface area contributed by atoms with Gasteiger partial charge < -0.3 is 19.9 Å². The fourth-order valence-electron chi connectivity index (χ4n) is 4.85. The smallest absolute Gasteiger partial charge is 0.182 e. The molecule has 0 spiro atoms. The van der Waals surface area contributed by atoms with Crippen molar-refractivity contribution < 1.29 is 19.0 Å². The van der Waals surface area contributed by atoms with E-state index in [2.05, 4.69) is 21.4 Å². The Morgan fingerprint density at radius 3 is 2.85 bits per heavy atom. The number of fused-ring (bicyclic) bond motifs is 1. The maximum absolute atomic E-state index is 14.4. The normalized spacial score (nSPS) is 15.3. The summed E-state index contributed by atoms with van der Waals surface area (Å²) in [7, 11) is 0. The van der Waals surface area contributed by atoms with Gasteiger partial charge in [-0.3, -0.25) is 9.67 Å². The van der Waals surface area contributed by atoms with Crippen LogP contribution in [-0.2, 0) is 24.1 Å². The second-order valence-corrected chi connectivity index (χ2v) is 9.88. The minimum atomic E-state index is -0.475. The van der Waals surface area contributed by atoms with Crippen LogP contribution in [0.3, 0.4) is 0 Å². The van der Waals surface area contributed by atoms with Gasteiger partial charge in [0.25, 0.3) is 0 Å². The average molecular weight is 528 g/mol. The molecule has 4 heterocycles. The van der Waals surface area contributed by atoms with E-state index >= 15 is 0 Å². The Hall–Kier alpha value is -4.40. The highest BCUT2D eigenvalue weighted by atomic mass is 19.1. The highest BCUT2D eigenvalue weighted by Crippen LogP contribution is 2.35. The van der Waals surface area contributed by atoms with Crippen LogP contribution < -0.4 is 10.1 Å². The number of rotatable bonds is 9. The largest absolute Gasteiger partial charge is 0.487 e. The molecule has 1 fully saturated rings. The van der Waals surface area contributed by atoms with Crippen LogP contribution in [0.25, 0.3) is 11.5 Å².